The van der Waals surface area contributed by atoms with Crippen molar-refractivity contribution in [1.82, 2.24) is 0 Å². The van der Waals surface area contributed by atoms with Crippen LogP contribution in [0, 0.1) is 46.3 Å². The van der Waals surface area contributed by atoms with Crippen molar-refractivity contribution in [2.24, 2.45) is 46.3 Å². The molecule has 29 heavy (non-hydrogen) atoms. The van der Waals surface area contributed by atoms with Crippen molar-refractivity contribution in [3.05, 3.63) is 0 Å². The molecule has 0 heterocycles. The number of fused-ring (bicyclic) bond motifs is 5. The van der Waals surface area contributed by atoms with Crippen molar-refractivity contribution >= 4 is 5.78 Å². The molecular weight excluding hydrogens is 364 g/mol. The van der Waals surface area contributed by atoms with E-state index in [-0.39, 0.29) is 40.8 Å². The van der Waals surface area contributed by atoms with Crippen LogP contribution >= 0.6 is 0 Å². The van der Waals surface area contributed by atoms with Gasteiger partial charge in [0, 0.05) is 6.42 Å². The van der Waals surface area contributed by atoms with E-state index in [1.165, 1.54) is 0 Å². The molecule has 4 nitrogen and oxygen atoms in total. The van der Waals surface area contributed by atoms with E-state index in [9.17, 15) is 20.1 Å². The molecular formula is C25H42O4. The van der Waals surface area contributed by atoms with Crippen LogP contribution in [0.5, 0.6) is 0 Å². The molecule has 0 aromatic carbocycles. The molecule has 11 atom stereocenters. The Morgan fingerprint density at radius 2 is 1.76 bits per heavy atom. The van der Waals surface area contributed by atoms with Gasteiger partial charge in [-0.15, -0.1) is 0 Å². The van der Waals surface area contributed by atoms with Crippen molar-refractivity contribution in [1.29, 1.82) is 0 Å². The van der Waals surface area contributed by atoms with Gasteiger partial charge in [-0.2, -0.15) is 0 Å². The molecule has 0 saturated heterocycles. The predicted octanol–water partition coefficient (Wildman–Crippen LogP) is 3.95. The van der Waals surface area contributed by atoms with E-state index in [1.54, 1.807) is 6.92 Å². The van der Waals surface area contributed by atoms with E-state index in [0.717, 1.165) is 51.4 Å². The van der Waals surface area contributed by atoms with E-state index >= 15 is 0 Å². The van der Waals surface area contributed by atoms with E-state index in [0.29, 0.717) is 36.0 Å². The van der Waals surface area contributed by atoms with Crippen LogP contribution in [0.1, 0.15) is 85.5 Å². The first kappa shape index (κ1) is 21.8. The highest BCUT2D eigenvalue weighted by atomic mass is 16.3. The van der Waals surface area contributed by atoms with Gasteiger partial charge in [-0.1, -0.05) is 20.8 Å². The summed E-state index contributed by atoms with van der Waals surface area (Å²) in [7, 11) is 0. The van der Waals surface area contributed by atoms with Gasteiger partial charge in [0.15, 0.2) is 0 Å². The minimum absolute atomic E-state index is 0.129. The smallest absolute Gasteiger partial charge is 0.129 e. The second kappa shape index (κ2) is 7.60. The number of ketones is 1. The summed E-state index contributed by atoms with van der Waals surface area (Å²) in [5, 5.41) is 33.0. The second-order valence-corrected chi connectivity index (χ2v) is 11.7. The summed E-state index contributed by atoms with van der Waals surface area (Å²) in [5.41, 5.74) is -0.0283. The zero-order chi connectivity index (χ0) is 21.1. The van der Waals surface area contributed by atoms with Crippen molar-refractivity contribution in [2.75, 3.05) is 0 Å². The summed E-state index contributed by atoms with van der Waals surface area (Å²) in [6.45, 7) is 8.59. The molecule has 4 rings (SSSR count). The van der Waals surface area contributed by atoms with Crippen molar-refractivity contribution < 1.29 is 20.1 Å². The van der Waals surface area contributed by atoms with Crippen LogP contribution in [0.3, 0.4) is 0 Å². The number of hydrogen-bond acceptors (Lipinski definition) is 4. The Labute approximate surface area is 176 Å². The number of carbonyl (C=O) groups is 1. The van der Waals surface area contributed by atoms with Gasteiger partial charge in [0.05, 0.1) is 18.3 Å². The van der Waals surface area contributed by atoms with Crippen molar-refractivity contribution in [3.63, 3.8) is 0 Å². The Kier molecular flexibility index (Phi) is 5.71. The number of rotatable bonds is 4. The molecule has 4 aliphatic carbocycles. The molecule has 3 N–H and O–H groups in total. The Balaban J connectivity index is 1.61. The lowest BCUT2D eigenvalue weighted by Crippen LogP contribution is -2.62. The lowest BCUT2D eigenvalue weighted by Gasteiger charge is -2.63. The number of Topliss-reactive ketones (excluding diaryl/α,β-unsaturated/α-hetero) is 1. The van der Waals surface area contributed by atoms with Crippen LogP contribution in [0.25, 0.3) is 0 Å². The van der Waals surface area contributed by atoms with E-state index in [2.05, 4.69) is 20.8 Å². The summed E-state index contributed by atoms with van der Waals surface area (Å²) in [5.74, 6) is 2.45. The second-order valence-electron chi connectivity index (χ2n) is 11.7. The summed E-state index contributed by atoms with van der Waals surface area (Å²) < 4.78 is 0. The van der Waals surface area contributed by atoms with Gasteiger partial charge in [-0.05, 0) is 105 Å². The SMILES string of the molecule is CC(=O)CC[C@H](C)[C@H]1CC[C@H]2[C@@H]3[C@H](O)C[C@@H]4C[C@H](O)CC[C@]4(C)[C@H]3C[C@H](O)[C@]12C. The summed E-state index contributed by atoms with van der Waals surface area (Å²) >= 11 is 0. The average Bonchev–Trinajstić information content (AvgIpc) is 3.01. The minimum atomic E-state index is -0.337. The molecule has 166 valence electrons. The molecule has 0 amide bonds. The van der Waals surface area contributed by atoms with Gasteiger partial charge in [-0.3, -0.25) is 0 Å². The number of hydrogen-bond donors (Lipinski definition) is 3. The van der Waals surface area contributed by atoms with Gasteiger partial charge in [0.25, 0.3) is 0 Å². The molecule has 0 bridgehead atoms. The van der Waals surface area contributed by atoms with Gasteiger partial charge in [-0.25, -0.2) is 0 Å². The van der Waals surface area contributed by atoms with Crippen LogP contribution < -0.4 is 0 Å². The van der Waals surface area contributed by atoms with E-state index in [1.807, 2.05) is 0 Å². The molecule has 4 aliphatic rings. The predicted molar refractivity (Wildman–Crippen MR) is 113 cm³/mol. The topological polar surface area (TPSA) is 77.8 Å². The lowest BCUT2D eigenvalue weighted by atomic mass is 9.43. The molecule has 0 radical (unpaired) electrons. The number of aliphatic hydroxyl groups is 3. The summed E-state index contributed by atoms with van der Waals surface area (Å²) in [6.07, 6.45) is 7.12. The van der Waals surface area contributed by atoms with Crippen LogP contribution in [-0.2, 0) is 4.79 Å². The third kappa shape index (κ3) is 3.32. The highest BCUT2D eigenvalue weighted by molar-refractivity contribution is 5.75. The average molecular weight is 407 g/mol. The van der Waals surface area contributed by atoms with Crippen LogP contribution in [0.2, 0.25) is 0 Å². The van der Waals surface area contributed by atoms with E-state index in [4.69, 9.17) is 0 Å². The fourth-order valence-electron chi connectivity index (χ4n) is 8.76. The monoisotopic (exact) mass is 406 g/mol. The Morgan fingerprint density at radius 1 is 1.03 bits per heavy atom. The van der Waals surface area contributed by atoms with Crippen molar-refractivity contribution in [2.45, 2.75) is 104 Å². The number of carbonyl (C=O) groups excluding carboxylic acids is 1. The van der Waals surface area contributed by atoms with Crippen LogP contribution in [0.15, 0.2) is 0 Å². The van der Waals surface area contributed by atoms with Crippen LogP contribution in [0.4, 0.5) is 0 Å². The zero-order valence-corrected chi connectivity index (χ0v) is 18.8. The zero-order valence-electron chi connectivity index (χ0n) is 18.8. The van der Waals surface area contributed by atoms with Crippen LogP contribution in [-0.4, -0.2) is 39.4 Å². The first-order valence-corrected chi connectivity index (χ1v) is 12.1. The van der Waals surface area contributed by atoms with Crippen molar-refractivity contribution in [3.8, 4) is 0 Å². The maximum atomic E-state index is 11.5. The molecule has 4 saturated carbocycles. The Morgan fingerprint density at radius 3 is 2.45 bits per heavy atom. The molecule has 4 fully saturated rings. The molecule has 0 spiro atoms. The maximum absolute atomic E-state index is 11.5. The Bertz CT molecular complexity index is 634. The molecule has 0 aromatic heterocycles. The standard InChI is InChI=1S/C25H42O4/c1-14(5-6-15(2)26)18-7-8-19-23-20(13-22(29)25(18,19)4)24(3)10-9-17(27)11-16(24)12-21(23)28/h14,16-23,27-29H,5-13H2,1-4H3/t14-,16-,17+,18+,19-,20-,21+,22-,23-,24-,25+/m0/s1. The summed E-state index contributed by atoms with van der Waals surface area (Å²) in [4.78, 5) is 11.5. The van der Waals surface area contributed by atoms with Gasteiger partial charge < -0.3 is 20.1 Å². The highest BCUT2D eigenvalue weighted by Crippen LogP contribution is 2.68. The molecule has 4 heteroatoms. The van der Waals surface area contributed by atoms with E-state index < -0.39 is 0 Å². The highest BCUT2D eigenvalue weighted by Gasteiger charge is 2.65. The normalized spacial score (nSPS) is 52.9. The Hall–Kier alpha value is -0.450. The number of aliphatic hydroxyl groups excluding tert-OH is 3. The molecule has 0 aliphatic heterocycles. The largest absolute Gasteiger partial charge is 0.393 e. The van der Waals surface area contributed by atoms with Gasteiger partial charge in [0.2, 0.25) is 0 Å². The summed E-state index contributed by atoms with van der Waals surface area (Å²) in [6, 6.07) is 0. The first-order valence-electron chi connectivity index (χ1n) is 12.1. The third-order valence-electron chi connectivity index (χ3n) is 10.5. The molecule has 0 unspecified atom stereocenters. The van der Waals surface area contributed by atoms with Gasteiger partial charge >= 0.3 is 0 Å². The fourth-order valence-corrected chi connectivity index (χ4v) is 8.76. The van der Waals surface area contributed by atoms with Gasteiger partial charge in [0.1, 0.15) is 5.78 Å². The fraction of sp³-hybridized carbons (Fsp3) is 0.960. The molecule has 0 aromatic rings. The lowest BCUT2D eigenvalue weighted by molar-refractivity contribution is -0.207. The quantitative estimate of drug-likeness (QED) is 0.660. The first-order chi connectivity index (χ1) is 13.6. The minimum Gasteiger partial charge on any atom is -0.393 e. The third-order valence-corrected chi connectivity index (χ3v) is 10.5. The maximum Gasteiger partial charge on any atom is 0.129 e.